The van der Waals surface area contributed by atoms with Crippen molar-refractivity contribution in [2.24, 2.45) is 0 Å². The van der Waals surface area contributed by atoms with Gasteiger partial charge in [0, 0.05) is 30.4 Å². The number of benzene rings is 2. The van der Waals surface area contributed by atoms with E-state index in [2.05, 4.69) is 0 Å². The molecule has 3 rings (SSSR count). The molecular weight excluding hydrogens is 381 g/mol. The highest BCUT2D eigenvalue weighted by molar-refractivity contribution is 6.30. The van der Waals surface area contributed by atoms with Gasteiger partial charge in [-0.05, 0) is 48.4 Å². The molecule has 2 aromatic rings. The number of aliphatic hydroxyl groups is 1. The van der Waals surface area contributed by atoms with Crippen LogP contribution in [0.25, 0.3) is 0 Å². The molecule has 1 N–H and O–H groups in total. The number of urea groups is 1. The zero-order chi connectivity index (χ0) is 19.6. The van der Waals surface area contributed by atoms with Crippen LogP contribution in [0.1, 0.15) is 23.6 Å². The first-order chi connectivity index (χ1) is 12.8. The van der Waals surface area contributed by atoms with Gasteiger partial charge < -0.3 is 10.0 Å². The van der Waals surface area contributed by atoms with Crippen LogP contribution in [0.5, 0.6) is 0 Å². The highest BCUT2D eigenvalue weighted by Gasteiger charge is 2.40. The minimum atomic E-state index is -4.46. The molecule has 0 bridgehead atoms. The maximum atomic E-state index is 13.1. The first kappa shape index (κ1) is 19.5. The van der Waals surface area contributed by atoms with Crippen molar-refractivity contribution in [1.29, 1.82) is 0 Å². The quantitative estimate of drug-likeness (QED) is 0.791. The molecule has 0 spiro atoms. The van der Waals surface area contributed by atoms with E-state index in [1.807, 2.05) is 0 Å². The first-order valence-corrected chi connectivity index (χ1v) is 8.81. The maximum absolute atomic E-state index is 13.1. The molecule has 0 aromatic heterocycles. The number of halogens is 4. The second-order valence-corrected chi connectivity index (χ2v) is 6.73. The molecule has 1 fully saturated rings. The molecule has 0 radical (unpaired) electrons. The molecule has 1 aliphatic heterocycles. The van der Waals surface area contributed by atoms with E-state index in [1.165, 1.54) is 15.9 Å². The molecular formula is C19H18ClF3N2O2. The summed E-state index contributed by atoms with van der Waals surface area (Å²) in [6.45, 7) is 0.497. The average Bonchev–Trinajstić information content (AvgIpc) is 2.96. The van der Waals surface area contributed by atoms with Gasteiger partial charge in [-0.2, -0.15) is 13.2 Å². The molecule has 4 nitrogen and oxygen atoms in total. The lowest BCUT2D eigenvalue weighted by Crippen LogP contribution is -2.33. The van der Waals surface area contributed by atoms with Crippen LogP contribution >= 0.6 is 11.6 Å². The Balaban J connectivity index is 1.99. The zero-order valence-corrected chi connectivity index (χ0v) is 15.0. The third kappa shape index (κ3) is 4.20. The van der Waals surface area contributed by atoms with Crippen LogP contribution in [-0.4, -0.2) is 35.7 Å². The normalized spacial score (nSPS) is 17.7. The highest BCUT2D eigenvalue weighted by atomic mass is 35.5. The number of hydrogen-bond donors (Lipinski definition) is 1. The van der Waals surface area contributed by atoms with Gasteiger partial charge in [0.15, 0.2) is 0 Å². The number of alkyl halides is 3. The Hall–Kier alpha value is -2.25. The van der Waals surface area contributed by atoms with Crippen molar-refractivity contribution in [3.8, 4) is 0 Å². The summed E-state index contributed by atoms with van der Waals surface area (Å²) in [5.74, 6) is 0. The van der Waals surface area contributed by atoms with Gasteiger partial charge in [-0.15, -0.1) is 0 Å². The molecule has 1 atom stereocenters. The van der Waals surface area contributed by atoms with Gasteiger partial charge in [-0.3, -0.25) is 4.90 Å². The SMILES string of the molecule is O=C1N(CCCO)C[C@H](c2cccc(C(F)(F)F)c2)N1c1ccc(Cl)cc1. The summed E-state index contributed by atoms with van der Waals surface area (Å²) in [4.78, 5) is 15.9. The van der Waals surface area contributed by atoms with E-state index in [9.17, 15) is 18.0 Å². The van der Waals surface area contributed by atoms with Crippen LogP contribution < -0.4 is 4.90 Å². The number of rotatable bonds is 5. The van der Waals surface area contributed by atoms with Crippen molar-refractivity contribution in [2.45, 2.75) is 18.6 Å². The number of amides is 2. The summed E-state index contributed by atoms with van der Waals surface area (Å²) in [6.07, 6.45) is -4.06. The van der Waals surface area contributed by atoms with E-state index < -0.39 is 17.8 Å². The first-order valence-electron chi connectivity index (χ1n) is 8.43. The van der Waals surface area contributed by atoms with Gasteiger partial charge in [-0.25, -0.2) is 4.79 Å². The van der Waals surface area contributed by atoms with Gasteiger partial charge in [0.1, 0.15) is 0 Å². The van der Waals surface area contributed by atoms with E-state index in [0.29, 0.717) is 29.2 Å². The van der Waals surface area contributed by atoms with Gasteiger partial charge >= 0.3 is 12.2 Å². The molecule has 2 amide bonds. The van der Waals surface area contributed by atoms with Crippen molar-refractivity contribution in [3.63, 3.8) is 0 Å². The van der Waals surface area contributed by atoms with Crippen molar-refractivity contribution in [2.75, 3.05) is 24.6 Å². The molecule has 0 unspecified atom stereocenters. The van der Waals surface area contributed by atoms with E-state index in [0.717, 1.165) is 12.1 Å². The number of carbonyl (C=O) groups excluding carboxylic acids is 1. The van der Waals surface area contributed by atoms with E-state index in [4.69, 9.17) is 16.7 Å². The summed E-state index contributed by atoms with van der Waals surface area (Å²) in [5, 5.41) is 9.54. The second-order valence-electron chi connectivity index (χ2n) is 6.29. The van der Waals surface area contributed by atoms with E-state index >= 15 is 0 Å². The molecule has 1 aliphatic rings. The fraction of sp³-hybridized carbons (Fsp3) is 0.316. The largest absolute Gasteiger partial charge is 0.416 e. The Labute approximate surface area is 159 Å². The number of hydrogen-bond acceptors (Lipinski definition) is 2. The predicted molar refractivity (Wildman–Crippen MR) is 96.8 cm³/mol. The molecule has 2 aromatic carbocycles. The number of carbonyl (C=O) groups is 1. The summed E-state index contributed by atoms with van der Waals surface area (Å²) in [5.41, 5.74) is 0.204. The second kappa shape index (κ2) is 7.78. The molecule has 1 heterocycles. The third-order valence-corrected chi connectivity index (χ3v) is 4.72. The Kier molecular flexibility index (Phi) is 5.62. The molecule has 27 heavy (non-hydrogen) atoms. The Morgan fingerprint density at radius 1 is 1.15 bits per heavy atom. The van der Waals surface area contributed by atoms with Crippen LogP contribution in [0.15, 0.2) is 48.5 Å². The Morgan fingerprint density at radius 3 is 2.48 bits per heavy atom. The lowest BCUT2D eigenvalue weighted by Gasteiger charge is -2.24. The minimum Gasteiger partial charge on any atom is -0.396 e. The summed E-state index contributed by atoms with van der Waals surface area (Å²) < 4.78 is 39.3. The lowest BCUT2D eigenvalue weighted by molar-refractivity contribution is -0.137. The number of aliphatic hydroxyl groups excluding tert-OH is 1. The van der Waals surface area contributed by atoms with E-state index in [-0.39, 0.29) is 19.2 Å². The third-order valence-electron chi connectivity index (χ3n) is 4.47. The molecule has 0 saturated carbocycles. The van der Waals surface area contributed by atoms with Crippen LogP contribution in [-0.2, 0) is 6.18 Å². The maximum Gasteiger partial charge on any atom is 0.416 e. The number of anilines is 1. The Morgan fingerprint density at radius 2 is 1.85 bits per heavy atom. The zero-order valence-electron chi connectivity index (χ0n) is 14.3. The minimum absolute atomic E-state index is 0.0705. The van der Waals surface area contributed by atoms with Crippen molar-refractivity contribution in [3.05, 3.63) is 64.7 Å². The Bertz CT molecular complexity index is 811. The number of nitrogens with zero attached hydrogens (tertiary/aromatic N) is 2. The lowest BCUT2D eigenvalue weighted by atomic mass is 10.0. The molecule has 8 heteroatoms. The van der Waals surface area contributed by atoms with Crippen LogP contribution in [0.4, 0.5) is 23.7 Å². The molecule has 144 valence electrons. The van der Waals surface area contributed by atoms with Crippen LogP contribution in [0, 0.1) is 0 Å². The summed E-state index contributed by atoms with van der Waals surface area (Å²) in [6, 6.07) is 10.7. The van der Waals surface area contributed by atoms with Gasteiger partial charge in [0.05, 0.1) is 11.6 Å². The molecule has 0 aliphatic carbocycles. The predicted octanol–water partition coefficient (Wildman–Crippen LogP) is 4.72. The topological polar surface area (TPSA) is 43.8 Å². The highest BCUT2D eigenvalue weighted by Crippen LogP contribution is 2.37. The van der Waals surface area contributed by atoms with Gasteiger partial charge in [-0.1, -0.05) is 23.7 Å². The standard InChI is InChI=1S/C19H18ClF3N2O2/c20-15-5-7-16(8-6-15)25-17(12-24(18(25)27)9-2-10-26)13-3-1-4-14(11-13)19(21,22)23/h1,3-8,11,17,26H,2,9-10,12H2/t17-/m1/s1. The van der Waals surface area contributed by atoms with E-state index in [1.54, 1.807) is 30.3 Å². The monoisotopic (exact) mass is 398 g/mol. The van der Waals surface area contributed by atoms with Gasteiger partial charge in [0.25, 0.3) is 0 Å². The van der Waals surface area contributed by atoms with Crippen molar-refractivity contribution < 1.29 is 23.1 Å². The van der Waals surface area contributed by atoms with Crippen molar-refractivity contribution in [1.82, 2.24) is 4.90 Å². The van der Waals surface area contributed by atoms with Gasteiger partial charge in [0.2, 0.25) is 0 Å². The van der Waals surface area contributed by atoms with Crippen LogP contribution in [0.2, 0.25) is 5.02 Å². The van der Waals surface area contributed by atoms with Crippen molar-refractivity contribution >= 4 is 23.3 Å². The molecule has 1 saturated heterocycles. The van der Waals surface area contributed by atoms with Crippen LogP contribution in [0.3, 0.4) is 0 Å². The average molecular weight is 399 g/mol. The summed E-state index contributed by atoms with van der Waals surface area (Å²) >= 11 is 5.91. The fourth-order valence-corrected chi connectivity index (χ4v) is 3.30. The smallest absolute Gasteiger partial charge is 0.396 e. The summed E-state index contributed by atoms with van der Waals surface area (Å²) in [7, 11) is 0. The fourth-order valence-electron chi connectivity index (χ4n) is 3.17.